The standard InChI is InChI=1S/C23H21N3O4/c1-26-19(22(27)25-18-9-8-15(12-24)10-17(18)23(28)29)11-16-6-3-7-20(21(16)26)30-13-14-4-2-5-14/h3,6-11,14H,2,4-5,13H2,1H3,(H,25,27)(H,28,29). The second-order valence-electron chi connectivity index (χ2n) is 7.52. The van der Waals surface area contributed by atoms with Gasteiger partial charge in [-0.05, 0) is 49.1 Å². The molecule has 0 spiro atoms. The fourth-order valence-corrected chi connectivity index (χ4v) is 3.67. The van der Waals surface area contributed by atoms with Crippen LogP contribution in [0.3, 0.4) is 0 Å². The molecule has 1 aliphatic rings. The van der Waals surface area contributed by atoms with E-state index in [1.807, 2.05) is 24.3 Å². The minimum Gasteiger partial charge on any atom is -0.491 e. The first-order chi connectivity index (χ1) is 14.5. The first-order valence-corrected chi connectivity index (χ1v) is 9.78. The topological polar surface area (TPSA) is 104 Å². The van der Waals surface area contributed by atoms with E-state index in [1.54, 1.807) is 17.7 Å². The SMILES string of the molecule is Cn1c(C(=O)Nc2ccc(C#N)cc2C(=O)O)cc2cccc(OCC3CCC3)c21. The number of carboxylic acid groups (broad SMARTS) is 1. The number of hydrogen-bond donors (Lipinski definition) is 2. The fraction of sp³-hybridized carbons (Fsp3) is 0.261. The van der Waals surface area contributed by atoms with Crippen molar-refractivity contribution in [1.29, 1.82) is 5.26 Å². The molecule has 1 fully saturated rings. The molecule has 2 aromatic carbocycles. The summed E-state index contributed by atoms with van der Waals surface area (Å²) in [6.45, 7) is 0.666. The molecule has 30 heavy (non-hydrogen) atoms. The summed E-state index contributed by atoms with van der Waals surface area (Å²) in [5.74, 6) is -0.336. The van der Waals surface area contributed by atoms with E-state index >= 15 is 0 Å². The molecule has 0 saturated heterocycles. The van der Waals surface area contributed by atoms with Crippen LogP contribution in [0.2, 0.25) is 0 Å². The number of carbonyl (C=O) groups is 2. The number of nitrogens with zero attached hydrogens (tertiary/aromatic N) is 2. The van der Waals surface area contributed by atoms with Crippen LogP contribution in [0.25, 0.3) is 10.9 Å². The monoisotopic (exact) mass is 403 g/mol. The summed E-state index contributed by atoms with van der Waals surface area (Å²) in [7, 11) is 1.78. The van der Waals surface area contributed by atoms with Gasteiger partial charge in [0.05, 0.1) is 35.0 Å². The van der Waals surface area contributed by atoms with Crippen molar-refractivity contribution in [3.63, 3.8) is 0 Å². The van der Waals surface area contributed by atoms with E-state index in [9.17, 15) is 14.7 Å². The Morgan fingerprint density at radius 2 is 2.07 bits per heavy atom. The Morgan fingerprint density at radius 1 is 1.27 bits per heavy atom. The maximum atomic E-state index is 12.9. The average Bonchev–Trinajstić information content (AvgIpc) is 3.04. The number of amides is 1. The fourth-order valence-electron chi connectivity index (χ4n) is 3.67. The number of carbonyl (C=O) groups excluding carboxylic acids is 1. The Kier molecular flexibility index (Phi) is 5.15. The largest absolute Gasteiger partial charge is 0.491 e. The number of aromatic nitrogens is 1. The van der Waals surface area contributed by atoms with Crippen molar-refractivity contribution < 1.29 is 19.4 Å². The van der Waals surface area contributed by atoms with Crippen molar-refractivity contribution >= 4 is 28.5 Å². The number of aromatic carboxylic acids is 1. The number of fused-ring (bicyclic) bond motifs is 1. The van der Waals surface area contributed by atoms with Crippen molar-refractivity contribution in [2.45, 2.75) is 19.3 Å². The lowest BCUT2D eigenvalue weighted by atomic mass is 9.86. The molecule has 2 N–H and O–H groups in total. The Labute approximate surface area is 173 Å². The predicted octanol–water partition coefficient (Wildman–Crippen LogP) is 4.18. The third kappa shape index (κ3) is 3.60. The Bertz CT molecular complexity index is 1190. The number of aryl methyl sites for hydroxylation is 1. The Balaban J connectivity index is 1.63. The zero-order chi connectivity index (χ0) is 21.3. The second kappa shape index (κ2) is 7.91. The van der Waals surface area contributed by atoms with E-state index in [0.717, 1.165) is 16.7 Å². The number of para-hydroxylation sites is 1. The lowest BCUT2D eigenvalue weighted by Crippen LogP contribution is -2.20. The van der Waals surface area contributed by atoms with Crippen LogP contribution in [0.15, 0.2) is 42.5 Å². The first kappa shape index (κ1) is 19.5. The van der Waals surface area contributed by atoms with E-state index in [4.69, 9.17) is 10.00 Å². The zero-order valence-corrected chi connectivity index (χ0v) is 16.5. The second-order valence-corrected chi connectivity index (χ2v) is 7.52. The minimum atomic E-state index is -1.22. The molecule has 0 aliphatic heterocycles. The first-order valence-electron chi connectivity index (χ1n) is 9.78. The molecule has 1 aromatic heterocycles. The molecule has 7 heteroatoms. The van der Waals surface area contributed by atoms with Crippen LogP contribution in [0.4, 0.5) is 5.69 Å². The molecule has 1 heterocycles. The van der Waals surface area contributed by atoms with Gasteiger partial charge in [0.1, 0.15) is 11.4 Å². The smallest absolute Gasteiger partial charge is 0.337 e. The average molecular weight is 403 g/mol. The lowest BCUT2D eigenvalue weighted by molar-refractivity contribution is 0.0698. The van der Waals surface area contributed by atoms with Gasteiger partial charge in [0.25, 0.3) is 5.91 Å². The molecule has 0 atom stereocenters. The highest BCUT2D eigenvalue weighted by Crippen LogP contribution is 2.32. The summed E-state index contributed by atoms with van der Waals surface area (Å²) < 4.78 is 7.79. The summed E-state index contributed by atoms with van der Waals surface area (Å²) in [5.41, 5.74) is 1.41. The van der Waals surface area contributed by atoms with Crippen LogP contribution in [-0.4, -0.2) is 28.2 Å². The van der Waals surface area contributed by atoms with Crippen LogP contribution < -0.4 is 10.1 Å². The lowest BCUT2D eigenvalue weighted by Gasteiger charge is -2.25. The van der Waals surface area contributed by atoms with Crippen LogP contribution in [-0.2, 0) is 7.05 Å². The number of rotatable bonds is 6. The molecular weight excluding hydrogens is 382 g/mol. The molecule has 152 valence electrons. The summed E-state index contributed by atoms with van der Waals surface area (Å²) in [4.78, 5) is 24.5. The van der Waals surface area contributed by atoms with Gasteiger partial charge in [-0.25, -0.2) is 4.79 Å². The van der Waals surface area contributed by atoms with Gasteiger partial charge in [0.2, 0.25) is 0 Å². The van der Waals surface area contributed by atoms with Gasteiger partial charge in [-0.3, -0.25) is 4.79 Å². The van der Waals surface area contributed by atoms with Crippen molar-refractivity contribution in [2.75, 3.05) is 11.9 Å². The minimum absolute atomic E-state index is 0.134. The number of hydrogen-bond acceptors (Lipinski definition) is 4. The zero-order valence-electron chi connectivity index (χ0n) is 16.5. The van der Waals surface area contributed by atoms with Crippen molar-refractivity contribution in [1.82, 2.24) is 4.57 Å². The van der Waals surface area contributed by atoms with Gasteiger partial charge in [0, 0.05) is 12.4 Å². The van der Waals surface area contributed by atoms with Crippen LogP contribution in [0.1, 0.15) is 45.7 Å². The number of ether oxygens (including phenoxy) is 1. The molecular formula is C23H21N3O4. The van der Waals surface area contributed by atoms with E-state index in [1.165, 1.54) is 37.5 Å². The Morgan fingerprint density at radius 3 is 2.73 bits per heavy atom. The predicted molar refractivity (Wildman–Crippen MR) is 112 cm³/mol. The molecule has 4 rings (SSSR count). The van der Waals surface area contributed by atoms with E-state index in [0.29, 0.717) is 18.2 Å². The van der Waals surface area contributed by atoms with Crippen molar-refractivity contribution in [2.24, 2.45) is 13.0 Å². The highest BCUT2D eigenvalue weighted by Gasteiger charge is 2.21. The third-order valence-electron chi connectivity index (χ3n) is 5.58. The number of anilines is 1. The summed E-state index contributed by atoms with van der Waals surface area (Å²) in [5, 5.41) is 21.9. The van der Waals surface area contributed by atoms with Gasteiger partial charge >= 0.3 is 5.97 Å². The normalized spacial score (nSPS) is 13.5. The molecule has 0 unspecified atom stereocenters. The highest BCUT2D eigenvalue weighted by atomic mass is 16.5. The van der Waals surface area contributed by atoms with Gasteiger partial charge < -0.3 is 19.7 Å². The maximum absolute atomic E-state index is 12.9. The molecule has 3 aromatic rings. The molecule has 0 radical (unpaired) electrons. The molecule has 1 saturated carbocycles. The number of nitrogens with one attached hydrogen (secondary N) is 1. The van der Waals surface area contributed by atoms with Gasteiger partial charge in [0.15, 0.2) is 0 Å². The van der Waals surface area contributed by atoms with Gasteiger partial charge in [-0.2, -0.15) is 5.26 Å². The van der Waals surface area contributed by atoms with E-state index < -0.39 is 11.9 Å². The van der Waals surface area contributed by atoms with Crippen molar-refractivity contribution in [3.8, 4) is 11.8 Å². The van der Waals surface area contributed by atoms with Crippen LogP contribution in [0.5, 0.6) is 5.75 Å². The maximum Gasteiger partial charge on any atom is 0.337 e. The number of benzene rings is 2. The van der Waals surface area contributed by atoms with E-state index in [2.05, 4.69) is 5.32 Å². The van der Waals surface area contributed by atoms with Gasteiger partial charge in [-0.15, -0.1) is 0 Å². The van der Waals surface area contributed by atoms with Gasteiger partial charge in [-0.1, -0.05) is 18.6 Å². The third-order valence-corrected chi connectivity index (χ3v) is 5.58. The summed E-state index contributed by atoms with van der Waals surface area (Å²) in [6.07, 6.45) is 3.63. The molecule has 0 bridgehead atoms. The number of carboxylic acids is 1. The van der Waals surface area contributed by atoms with Crippen LogP contribution >= 0.6 is 0 Å². The summed E-state index contributed by atoms with van der Waals surface area (Å²) in [6, 6.07) is 13.5. The van der Waals surface area contributed by atoms with Crippen LogP contribution in [0, 0.1) is 17.2 Å². The molecule has 7 nitrogen and oxygen atoms in total. The summed E-state index contributed by atoms with van der Waals surface area (Å²) >= 11 is 0. The van der Waals surface area contributed by atoms with Crippen molar-refractivity contribution in [3.05, 3.63) is 59.3 Å². The van der Waals surface area contributed by atoms with E-state index in [-0.39, 0.29) is 16.8 Å². The number of nitriles is 1. The Hall–Kier alpha value is -3.79. The molecule has 1 aliphatic carbocycles. The molecule has 1 amide bonds. The quantitative estimate of drug-likeness (QED) is 0.642. The highest BCUT2D eigenvalue weighted by molar-refractivity contribution is 6.09.